The minimum atomic E-state index is 0.338. The number of rotatable bonds is 6. The maximum atomic E-state index is 9.18. The van der Waals surface area contributed by atoms with Crippen LogP contribution in [0, 0.1) is 12.8 Å². The Kier molecular flexibility index (Phi) is 4.15. The Balaban J connectivity index is 1.56. The van der Waals surface area contributed by atoms with Crippen molar-refractivity contribution in [2.24, 2.45) is 11.7 Å². The van der Waals surface area contributed by atoms with Crippen molar-refractivity contribution < 1.29 is 5.02 Å². The summed E-state index contributed by atoms with van der Waals surface area (Å²) < 4.78 is 0. The Morgan fingerprint density at radius 2 is 2.20 bits per heavy atom. The van der Waals surface area contributed by atoms with Gasteiger partial charge in [-0.05, 0) is 54.1 Å². The number of nitrogens with zero attached hydrogens (tertiary/aromatic N) is 1. The summed E-state index contributed by atoms with van der Waals surface area (Å²) in [5, 5.41) is 9.18. The molecule has 1 aromatic carbocycles. The van der Waals surface area contributed by atoms with Crippen molar-refractivity contribution in [1.29, 1.82) is 0 Å². The lowest BCUT2D eigenvalue weighted by Crippen LogP contribution is -2.49. The molecule has 3 rings (SSSR count). The van der Waals surface area contributed by atoms with Gasteiger partial charge in [0.05, 0.1) is 0 Å². The molecule has 0 bridgehead atoms. The highest BCUT2D eigenvalue weighted by Crippen LogP contribution is 2.52. The van der Waals surface area contributed by atoms with Crippen molar-refractivity contribution in [3.8, 4) is 0 Å². The average molecular weight is 272 g/mol. The van der Waals surface area contributed by atoms with Gasteiger partial charge >= 0.3 is 0 Å². The highest BCUT2D eigenvalue weighted by molar-refractivity contribution is 6.29. The van der Waals surface area contributed by atoms with E-state index in [2.05, 4.69) is 30.0 Å². The molecule has 0 aromatic heterocycles. The maximum Gasteiger partial charge on any atom is 0.274 e. The maximum absolute atomic E-state index is 9.18. The summed E-state index contributed by atoms with van der Waals surface area (Å²) >= 11 is 0. The van der Waals surface area contributed by atoms with Crippen LogP contribution in [0.5, 0.6) is 0 Å². The fraction of sp³-hybridized carbons (Fsp3) is 0.625. The van der Waals surface area contributed by atoms with Gasteiger partial charge in [0.25, 0.3) is 7.48 Å². The highest BCUT2D eigenvalue weighted by atomic mass is 16.2. The molecule has 1 saturated heterocycles. The van der Waals surface area contributed by atoms with E-state index < -0.39 is 0 Å². The van der Waals surface area contributed by atoms with Gasteiger partial charge in [0.2, 0.25) is 0 Å². The summed E-state index contributed by atoms with van der Waals surface area (Å²) in [5.41, 5.74) is 9.91. The summed E-state index contributed by atoms with van der Waals surface area (Å²) in [7, 11) is 0.338. The Morgan fingerprint density at radius 1 is 1.40 bits per heavy atom. The van der Waals surface area contributed by atoms with Gasteiger partial charge in [0, 0.05) is 26.2 Å². The molecule has 1 saturated carbocycles. The van der Waals surface area contributed by atoms with E-state index in [4.69, 9.17) is 5.73 Å². The minimum absolute atomic E-state index is 0.338. The molecule has 20 heavy (non-hydrogen) atoms. The molecule has 1 aliphatic heterocycles. The lowest BCUT2D eigenvalue weighted by Gasteiger charge is -2.39. The van der Waals surface area contributed by atoms with Gasteiger partial charge in [0.1, 0.15) is 0 Å². The predicted octanol–water partition coefficient (Wildman–Crippen LogP) is 1.05. The summed E-state index contributed by atoms with van der Waals surface area (Å²) in [6.45, 7) is 6.44. The lowest BCUT2D eigenvalue weighted by atomic mass is 9.87. The SMILES string of the molecule is Cc1cc(C2CC2BO)ccc1CC1CN(CCN)C1. The smallest absolute Gasteiger partial charge is 0.274 e. The Morgan fingerprint density at radius 3 is 2.80 bits per heavy atom. The van der Waals surface area contributed by atoms with Crippen LogP contribution in [0.1, 0.15) is 29.0 Å². The average Bonchev–Trinajstić information content (AvgIpc) is 3.17. The van der Waals surface area contributed by atoms with Crippen molar-refractivity contribution in [2.45, 2.75) is 31.5 Å². The molecule has 2 unspecified atom stereocenters. The molecule has 1 aliphatic carbocycles. The zero-order valence-electron chi connectivity index (χ0n) is 12.4. The van der Waals surface area contributed by atoms with Crippen LogP contribution in [0.15, 0.2) is 18.2 Å². The summed E-state index contributed by atoms with van der Waals surface area (Å²) in [5.74, 6) is 1.92. The molecule has 2 fully saturated rings. The second-order valence-corrected chi connectivity index (χ2v) is 6.59. The van der Waals surface area contributed by atoms with Crippen molar-refractivity contribution >= 4 is 7.48 Å². The molecule has 2 atom stereocenters. The third kappa shape index (κ3) is 2.92. The van der Waals surface area contributed by atoms with Gasteiger partial charge < -0.3 is 15.7 Å². The number of aryl methyl sites for hydroxylation is 1. The van der Waals surface area contributed by atoms with Crippen LogP contribution < -0.4 is 5.73 Å². The van der Waals surface area contributed by atoms with Gasteiger partial charge in [-0.15, -0.1) is 0 Å². The predicted molar refractivity (Wildman–Crippen MR) is 84.3 cm³/mol. The number of hydrogen-bond donors (Lipinski definition) is 2. The van der Waals surface area contributed by atoms with E-state index in [-0.39, 0.29) is 0 Å². The molecule has 0 amide bonds. The van der Waals surface area contributed by atoms with E-state index in [1.807, 2.05) is 0 Å². The molecular weight excluding hydrogens is 247 g/mol. The quantitative estimate of drug-likeness (QED) is 0.761. The lowest BCUT2D eigenvalue weighted by molar-refractivity contribution is 0.105. The van der Waals surface area contributed by atoms with Crippen LogP contribution in [-0.4, -0.2) is 43.6 Å². The van der Waals surface area contributed by atoms with Gasteiger partial charge in [-0.1, -0.05) is 18.2 Å². The second kappa shape index (κ2) is 5.88. The highest BCUT2D eigenvalue weighted by Gasteiger charge is 2.38. The van der Waals surface area contributed by atoms with E-state index in [0.717, 1.165) is 25.4 Å². The zero-order valence-corrected chi connectivity index (χ0v) is 12.4. The first-order valence-corrected chi connectivity index (χ1v) is 7.84. The van der Waals surface area contributed by atoms with Crippen molar-refractivity contribution in [3.05, 3.63) is 34.9 Å². The molecule has 3 N–H and O–H groups in total. The largest absolute Gasteiger partial charge is 0.454 e. The molecule has 3 nitrogen and oxygen atoms in total. The fourth-order valence-electron chi connectivity index (χ4n) is 3.52. The summed E-state index contributed by atoms with van der Waals surface area (Å²) in [6.07, 6.45) is 2.35. The first-order chi connectivity index (χ1) is 9.71. The minimum Gasteiger partial charge on any atom is -0.454 e. The number of nitrogens with two attached hydrogens (primary N) is 1. The van der Waals surface area contributed by atoms with E-state index in [1.165, 1.54) is 36.2 Å². The Bertz CT molecular complexity index is 474. The first-order valence-electron chi connectivity index (χ1n) is 7.84. The van der Waals surface area contributed by atoms with Crippen molar-refractivity contribution in [3.63, 3.8) is 0 Å². The standard InChI is InChI=1S/C16H25BN2O/c1-11-6-14(15-8-16(15)17-20)3-2-13(11)7-12-9-19(10-12)5-4-18/h2-3,6,12,15-17,20H,4-5,7-10,18H2,1H3. The molecule has 1 aromatic rings. The molecule has 0 radical (unpaired) electrons. The number of likely N-dealkylation sites (tertiary alicyclic amines) is 1. The molecular formula is C16H25BN2O. The monoisotopic (exact) mass is 272 g/mol. The van der Waals surface area contributed by atoms with Crippen LogP contribution in [0.4, 0.5) is 0 Å². The Labute approximate surface area is 122 Å². The molecule has 4 heteroatoms. The van der Waals surface area contributed by atoms with Crippen LogP contribution in [0.3, 0.4) is 0 Å². The van der Waals surface area contributed by atoms with Crippen molar-refractivity contribution in [2.75, 3.05) is 26.2 Å². The summed E-state index contributed by atoms with van der Waals surface area (Å²) in [6, 6.07) is 6.92. The molecule has 2 aliphatic rings. The normalized spacial score (nSPS) is 26.4. The zero-order chi connectivity index (χ0) is 14.1. The van der Waals surface area contributed by atoms with Crippen LogP contribution in [0.25, 0.3) is 0 Å². The number of benzene rings is 1. The number of hydrogen-bond acceptors (Lipinski definition) is 3. The third-order valence-corrected chi connectivity index (χ3v) is 4.94. The topological polar surface area (TPSA) is 49.5 Å². The van der Waals surface area contributed by atoms with E-state index >= 15 is 0 Å². The van der Waals surface area contributed by atoms with Gasteiger partial charge in [-0.2, -0.15) is 0 Å². The van der Waals surface area contributed by atoms with E-state index in [1.54, 1.807) is 0 Å². The molecule has 0 spiro atoms. The van der Waals surface area contributed by atoms with Gasteiger partial charge in [0.15, 0.2) is 0 Å². The van der Waals surface area contributed by atoms with E-state index in [9.17, 15) is 5.02 Å². The van der Waals surface area contributed by atoms with Gasteiger partial charge in [-0.3, -0.25) is 0 Å². The van der Waals surface area contributed by atoms with Crippen LogP contribution in [-0.2, 0) is 6.42 Å². The van der Waals surface area contributed by atoms with Crippen LogP contribution >= 0.6 is 0 Å². The fourth-order valence-corrected chi connectivity index (χ4v) is 3.52. The van der Waals surface area contributed by atoms with Crippen molar-refractivity contribution in [1.82, 2.24) is 4.90 Å². The molecule has 1 heterocycles. The first kappa shape index (κ1) is 14.1. The van der Waals surface area contributed by atoms with E-state index in [0.29, 0.717) is 19.2 Å². The van der Waals surface area contributed by atoms with Crippen LogP contribution in [0.2, 0.25) is 5.82 Å². The second-order valence-electron chi connectivity index (χ2n) is 6.59. The van der Waals surface area contributed by atoms with Gasteiger partial charge in [-0.25, -0.2) is 0 Å². The Hall–Kier alpha value is -0.835. The molecule has 108 valence electrons. The third-order valence-electron chi connectivity index (χ3n) is 4.94. The summed E-state index contributed by atoms with van der Waals surface area (Å²) in [4.78, 5) is 2.43.